The first-order valence-corrected chi connectivity index (χ1v) is 7.38. The van der Waals surface area contributed by atoms with E-state index in [1.165, 1.54) is 0 Å². The van der Waals surface area contributed by atoms with Gasteiger partial charge in [-0.1, -0.05) is 11.8 Å². The maximum Gasteiger partial charge on any atom is 0.254 e. The summed E-state index contributed by atoms with van der Waals surface area (Å²) < 4.78 is 0. The summed E-state index contributed by atoms with van der Waals surface area (Å²) in [7, 11) is 0. The molecule has 2 rings (SSSR count). The first-order chi connectivity index (χ1) is 10.3. The second-order valence-electron chi connectivity index (χ2n) is 5.16. The van der Waals surface area contributed by atoms with Crippen LogP contribution in [-0.2, 0) is 0 Å². The standard InChI is InChI=1S/C17H21NO3/c19-12-2-1-4-14-7-9-15(10-8-14)17(21)18(11-13-20)16-5-3-6-16/h7-10,16,19-20H,2-3,5-6,11-13H2. The van der Waals surface area contributed by atoms with Crippen molar-refractivity contribution < 1.29 is 15.0 Å². The van der Waals surface area contributed by atoms with E-state index in [0.717, 1.165) is 24.8 Å². The van der Waals surface area contributed by atoms with Crippen LogP contribution >= 0.6 is 0 Å². The molecule has 0 bridgehead atoms. The first-order valence-electron chi connectivity index (χ1n) is 7.38. The van der Waals surface area contributed by atoms with Gasteiger partial charge in [0.25, 0.3) is 5.91 Å². The van der Waals surface area contributed by atoms with Gasteiger partial charge in [-0.25, -0.2) is 0 Å². The largest absolute Gasteiger partial charge is 0.395 e. The van der Waals surface area contributed by atoms with E-state index in [0.29, 0.717) is 18.5 Å². The topological polar surface area (TPSA) is 60.8 Å². The van der Waals surface area contributed by atoms with Crippen LogP contribution < -0.4 is 0 Å². The van der Waals surface area contributed by atoms with Crippen molar-refractivity contribution >= 4 is 5.91 Å². The van der Waals surface area contributed by atoms with Crippen molar-refractivity contribution in [3.63, 3.8) is 0 Å². The fourth-order valence-electron chi connectivity index (χ4n) is 2.34. The zero-order valence-electron chi connectivity index (χ0n) is 12.1. The monoisotopic (exact) mass is 287 g/mol. The van der Waals surface area contributed by atoms with Gasteiger partial charge < -0.3 is 15.1 Å². The van der Waals surface area contributed by atoms with E-state index in [9.17, 15) is 4.79 Å². The Kier molecular flexibility index (Phi) is 5.79. The van der Waals surface area contributed by atoms with Crippen LogP contribution in [0.5, 0.6) is 0 Å². The summed E-state index contributed by atoms with van der Waals surface area (Å²) in [5.74, 6) is 5.76. The van der Waals surface area contributed by atoms with E-state index in [1.807, 2.05) is 12.1 Å². The van der Waals surface area contributed by atoms with Crippen molar-refractivity contribution in [3.8, 4) is 11.8 Å². The van der Waals surface area contributed by atoms with Crippen molar-refractivity contribution in [2.75, 3.05) is 19.8 Å². The highest BCUT2D eigenvalue weighted by atomic mass is 16.3. The number of carbonyl (C=O) groups excluding carboxylic acids is 1. The molecule has 0 aromatic heterocycles. The maximum atomic E-state index is 12.5. The van der Waals surface area contributed by atoms with Crippen molar-refractivity contribution in [1.82, 2.24) is 4.90 Å². The van der Waals surface area contributed by atoms with Crippen LogP contribution in [-0.4, -0.2) is 46.8 Å². The van der Waals surface area contributed by atoms with Crippen LogP contribution in [0.25, 0.3) is 0 Å². The lowest BCUT2D eigenvalue weighted by Gasteiger charge is -2.37. The van der Waals surface area contributed by atoms with Gasteiger partial charge >= 0.3 is 0 Å². The summed E-state index contributed by atoms with van der Waals surface area (Å²) in [6.45, 7) is 0.440. The molecule has 2 N–H and O–H groups in total. The third-order valence-electron chi connectivity index (χ3n) is 3.72. The minimum atomic E-state index is -0.0244. The fourth-order valence-corrected chi connectivity index (χ4v) is 2.34. The molecular formula is C17H21NO3. The molecule has 0 heterocycles. The summed E-state index contributed by atoms with van der Waals surface area (Å²) >= 11 is 0. The minimum absolute atomic E-state index is 0.00699. The zero-order chi connectivity index (χ0) is 15.1. The Morgan fingerprint density at radius 1 is 1.19 bits per heavy atom. The third-order valence-corrected chi connectivity index (χ3v) is 3.72. The van der Waals surface area contributed by atoms with Crippen LogP contribution in [0, 0.1) is 11.8 Å². The van der Waals surface area contributed by atoms with Gasteiger partial charge in [-0.3, -0.25) is 4.79 Å². The normalized spacial score (nSPS) is 14.0. The summed E-state index contributed by atoms with van der Waals surface area (Å²) in [6.07, 6.45) is 3.65. The second kappa shape index (κ2) is 7.82. The van der Waals surface area contributed by atoms with Gasteiger partial charge in [-0.15, -0.1) is 0 Å². The number of rotatable bonds is 5. The Morgan fingerprint density at radius 3 is 2.43 bits per heavy atom. The maximum absolute atomic E-state index is 12.5. The minimum Gasteiger partial charge on any atom is -0.395 e. The van der Waals surface area contributed by atoms with Crippen molar-refractivity contribution in [2.45, 2.75) is 31.7 Å². The van der Waals surface area contributed by atoms with Crippen LogP contribution in [0.2, 0.25) is 0 Å². The zero-order valence-corrected chi connectivity index (χ0v) is 12.1. The highest BCUT2D eigenvalue weighted by Crippen LogP contribution is 2.26. The molecular weight excluding hydrogens is 266 g/mol. The molecule has 1 aliphatic rings. The Bertz CT molecular complexity index is 523. The van der Waals surface area contributed by atoms with Crippen molar-refractivity contribution in [2.24, 2.45) is 0 Å². The first kappa shape index (κ1) is 15.6. The number of hydrogen-bond acceptors (Lipinski definition) is 3. The molecule has 0 unspecified atom stereocenters. The number of aliphatic hydroxyl groups is 2. The molecule has 1 fully saturated rings. The number of benzene rings is 1. The number of amides is 1. The Morgan fingerprint density at radius 2 is 1.90 bits per heavy atom. The van der Waals surface area contributed by atoms with E-state index in [2.05, 4.69) is 11.8 Å². The Hall–Kier alpha value is -1.83. The quantitative estimate of drug-likeness (QED) is 0.805. The van der Waals surface area contributed by atoms with E-state index in [-0.39, 0.29) is 25.2 Å². The molecule has 1 aromatic rings. The van der Waals surface area contributed by atoms with E-state index < -0.39 is 0 Å². The lowest BCUT2D eigenvalue weighted by atomic mass is 9.91. The smallest absolute Gasteiger partial charge is 0.254 e. The van der Waals surface area contributed by atoms with Gasteiger partial charge in [0.05, 0.1) is 13.2 Å². The van der Waals surface area contributed by atoms with Crippen LogP contribution in [0.15, 0.2) is 24.3 Å². The average Bonchev–Trinajstić information content (AvgIpc) is 2.45. The lowest BCUT2D eigenvalue weighted by Crippen LogP contribution is -2.45. The number of nitrogens with zero attached hydrogens (tertiary/aromatic N) is 1. The van der Waals surface area contributed by atoms with Gasteiger partial charge in [0.1, 0.15) is 0 Å². The van der Waals surface area contributed by atoms with Gasteiger partial charge in [-0.2, -0.15) is 0 Å². The highest BCUT2D eigenvalue weighted by molar-refractivity contribution is 5.94. The second-order valence-corrected chi connectivity index (χ2v) is 5.16. The van der Waals surface area contributed by atoms with Gasteiger partial charge in [-0.05, 0) is 43.5 Å². The van der Waals surface area contributed by atoms with Crippen molar-refractivity contribution in [3.05, 3.63) is 35.4 Å². The van der Waals surface area contributed by atoms with Crippen molar-refractivity contribution in [1.29, 1.82) is 0 Å². The molecule has 112 valence electrons. The third kappa shape index (κ3) is 4.07. The molecule has 4 nitrogen and oxygen atoms in total. The Labute approximate surface area is 125 Å². The lowest BCUT2D eigenvalue weighted by molar-refractivity contribution is 0.0526. The average molecular weight is 287 g/mol. The van der Waals surface area contributed by atoms with E-state index in [1.54, 1.807) is 17.0 Å². The predicted molar refractivity (Wildman–Crippen MR) is 80.8 cm³/mol. The van der Waals surface area contributed by atoms with E-state index >= 15 is 0 Å². The number of aliphatic hydroxyl groups excluding tert-OH is 2. The molecule has 0 aliphatic heterocycles. The SMILES string of the molecule is O=C(c1ccc(C#CCCO)cc1)N(CCO)C1CCC1. The summed E-state index contributed by atoms with van der Waals surface area (Å²) in [5, 5.41) is 17.8. The molecule has 1 aromatic carbocycles. The number of hydrogen-bond donors (Lipinski definition) is 2. The molecule has 4 heteroatoms. The summed E-state index contributed by atoms with van der Waals surface area (Å²) in [6, 6.07) is 7.45. The number of carbonyl (C=O) groups is 1. The molecule has 0 radical (unpaired) electrons. The Balaban J connectivity index is 2.06. The van der Waals surface area contributed by atoms with Crippen LogP contribution in [0.3, 0.4) is 0 Å². The summed E-state index contributed by atoms with van der Waals surface area (Å²) in [4.78, 5) is 14.3. The van der Waals surface area contributed by atoms with Gasteiger partial charge in [0, 0.05) is 30.1 Å². The molecule has 0 atom stereocenters. The molecule has 1 amide bonds. The predicted octanol–water partition coefficient (Wildman–Crippen LogP) is 1.41. The highest BCUT2D eigenvalue weighted by Gasteiger charge is 2.28. The molecule has 0 spiro atoms. The van der Waals surface area contributed by atoms with Crippen LogP contribution in [0.1, 0.15) is 41.6 Å². The van der Waals surface area contributed by atoms with E-state index in [4.69, 9.17) is 10.2 Å². The molecule has 1 aliphatic carbocycles. The molecule has 21 heavy (non-hydrogen) atoms. The molecule has 0 saturated heterocycles. The van der Waals surface area contributed by atoms with Gasteiger partial charge in [0.2, 0.25) is 0 Å². The summed E-state index contributed by atoms with van der Waals surface area (Å²) in [5.41, 5.74) is 1.46. The molecule has 1 saturated carbocycles. The van der Waals surface area contributed by atoms with Crippen LogP contribution in [0.4, 0.5) is 0 Å². The fraction of sp³-hybridized carbons (Fsp3) is 0.471. The van der Waals surface area contributed by atoms with Gasteiger partial charge in [0.15, 0.2) is 0 Å².